The van der Waals surface area contributed by atoms with Crippen molar-refractivity contribution in [1.29, 1.82) is 0 Å². The Hall–Kier alpha value is -2.41. The highest BCUT2D eigenvalue weighted by Gasteiger charge is 2.26. The summed E-state index contributed by atoms with van der Waals surface area (Å²) in [6.07, 6.45) is 2.73. The molecule has 0 radical (unpaired) electrons. The molecule has 1 fully saturated rings. The standard InChI is InChI=1S/C19H21FN2O3S/c20-13-6-8-14(9-7-13)22-19(24)25-16-4-1-3-15(11-16)21-18(23)12-17-5-2-10-26-17/h2,5-10,15-16H,1,3-4,11-12H2,(H,21,23)(H,22,24)/t15-,16+/m1/s1. The molecule has 1 saturated carbocycles. The van der Waals surface area contributed by atoms with E-state index in [0.717, 1.165) is 24.1 Å². The Labute approximate surface area is 155 Å². The fourth-order valence-corrected chi connectivity index (χ4v) is 3.77. The van der Waals surface area contributed by atoms with E-state index in [0.29, 0.717) is 18.5 Å². The van der Waals surface area contributed by atoms with Crippen molar-refractivity contribution in [2.24, 2.45) is 0 Å². The Bertz CT molecular complexity index is 734. The van der Waals surface area contributed by atoms with Crippen LogP contribution < -0.4 is 10.6 Å². The number of nitrogens with one attached hydrogen (secondary N) is 2. The summed E-state index contributed by atoms with van der Waals surface area (Å²) in [4.78, 5) is 25.1. The Morgan fingerprint density at radius 1 is 1.19 bits per heavy atom. The van der Waals surface area contributed by atoms with Crippen molar-refractivity contribution >= 4 is 29.0 Å². The first-order chi connectivity index (χ1) is 12.6. The van der Waals surface area contributed by atoms with E-state index in [4.69, 9.17) is 4.74 Å². The van der Waals surface area contributed by atoms with Gasteiger partial charge in [-0.3, -0.25) is 10.1 Å². The van der Waals surface area contributed by atoms with Gasteiger partial charge in [0.2, 0.25) is 5.91 Å². The third-order valence-electron chi connectivity index (χ3n) is 4.27. The number of anilines is 1. The number of thiophene rings is 1. The minimum Gasteiger partial charge on any atom is -0.446 e. The van der Waals surface area contributed by atoms with E-state index >= 15 is 0 Å². The van der Waals surface area contributed by atoms with Gasteiger partial charge in [0, 0.05) is 23.0 Å². The summed E-state index contributed by atoms with van der Waals surface area (Å²) in [7, 11) is 0. The minimum absolute atomic E-state index is 0.00568. The van der Waals surface area contributed by atoms with E-state index in [2.05, 4.69) is 10.6 Å². The second-order valence-corrected chi connectivity index (χ2v) is 7.38. The van der Waals surface area contributed by atoms with Gasteiger partial charge in [0.25, 0.3) is 0 Å². The number of hydrogen-bond acceptors (Lipinski definition) is 4. The fourth-order valence-electron chi connectivity index (χ4n) is 3.07. The van der Waals surface area contributed by atoms with Crippen LogP contribution >= 0.6 is 11.3 Å². The van der Waals surface area contributed by atoms with Crippen molar-refractivity contribution in [3.63, 3.8) is 0 Å². The van der Waals surface area contributed by atoms with Gasteiger partial charge in [-0.2, -0.15) is 0 Å². The van der Waals surface area contributed by atoms with Crippen LogP contribution in [0.25, 0.3) is 0 Å². The molecule has 2 atom stereocenters. The van der Waals surface area contributed by atoms with Crippen LogP contribution in [0.3, 0.4) is 0 Å². The molecule has 7 heteroatoms. The van der Waals surface area contributed by atoms with Crippen LogP contribution in [0, 0.1) is 5.82 Å². The van der Waals surface area contributed by atoms with E-state index < -0.39 is 6.09 Å². The van der Waals surface area contributed by atoms with Gasteiger partial charge in [-0.25, -0.2) is 9.18 Å². The number of hydrogen-bond donors (Lipinski definition) is 2. The van der Waals surface area contributed by atoms with Crippen LogP contribution in [0.15, 0.2) is 41.8 Å². The van der Waals surface area contributed by atoms with Crippen LogP contribution in [-0.2, 0) is 16.0 Å². The Morgan fingerprint density at radius 2 is 2.00 bits per heavy atom. The lowest BCUT2D eigenvalue weighted by Gasteiger charge is -2.29. The summed E-state index contributed by atoms with van der Waals surface area (Å²) >= 11 is 1.56. The quantitative estimate of drug-likeness (QED) is 0.825. The van der Waals surface area contributed by atoms with Crippen molar-refractivity contribution in [2.75, 3.05) is 5.32 Å². The van der Waals surface area contributed by atoms with E-state index in [1.807, 2.05) is 17.5 Å². The average molecular weight is 376 g/mol. The number of ether oxygens (including phenoxy) is 1. The zero-order valence-corrected chi connectivity index (χ0v) is 15.1. The minimum atomic E-state index is -0.563. The highest BCUT2D eigenvalue weighted by molar-refractivity contribution is 7.10. The van der Waals surface area contributed by atoms with Gasteiger partial charge < -0.3 is 10.1 Å². The summed E-state index contributed by atoms with van der Waals surface area (Å²) in [6, 6.07) is 9.38. The molecule has 0 bridgehead atoms. The molecule has 138 valence electrons. The van der Waals surface area contributed by atoms with Crippen molar-refractivity contribution in [3.05, 3.63) is 52.5 Å². The normalized spacial score (nSPS) is 19.6. The van der Waals surface area contributed by atoms with Gasteiger partial charge in [-0.05, 0) is 55.0 Å². The van der Waals surface area contributed by atoms with Gasteiger partial charge in [0.1, 0.15) is 11.9 Å². The zero-order valence-electron chi connectivity index (χ0n) is 14.2. The Kier molecular flexibility index (Phi) is 6.22. The summed E-state index contributed by atoms with van der Waals surface area (Å²) in [5.41, 5.74) is 0.480. The molecular formula is C19H21FN2O3S. The molecule has 2 N–H and O–H groups in total. The summed E-state index contributed by atoms with van der Waals surface area (Å²) in [5.74, 6) is -0.369. The van der Waals surface area contributed by atoms with E-state index in [1.165, 1.54) is 24.3 Å². The molecule has 1 heterocycles. The number of halogens is 1. The maximum absolute atomic E-state index is 12.9. The number of carbonyl (C=O) groups is 2. The zero-order chi connectivity index (χ0) is 18.4. The van der Waals surface area contributed by atoms with Crippen LogP contribution in [0.1, 0.15) is 30.6 Å². The molecule has 1 aromatic heterocycles. The second-order valence-electron chi connectivity index (χ2n) is 6.35. The van der Waals surface area contributed by atoms with Crippen LogP contribution in [-0.4, -0.2) is 24.1 Å². The second kappa shape index (κ2) is 8.80. The molecule has 0 saturated heterocycles. The van der Waals surface area contributed by atoms with E-state index in [9.17, 15) is 14.0 Å². The SMILES string of the molecule is O=C(Cc1cccs1)N[C@@H]1CCC[C@H](OC(=O)Nc2ccc(F)cc2)C1. The van der Waals surface area contributed by atoms with Crippen LogP contribution in [0.2, 0.25) is 0 Å². The Morgan fingerprint density at radius 3 is 2.73 bits per heavy atom. The molecular weight excluding hydrogens is 355 g/mol. The molecule has 1 aromatic carbocycles. The predicted octanol–water partition coefficient (Wildman–Crippen LogP) is 4.11. The first-order valence-corrected chi connectivity index (χ1v) is 9.51. The molecule has 2 aromatic rings. The predicted molar refractivity (Wildman–Crippen MR) is 98.7 cm³/mol. The lowest BCUT2D eigenvalue weighted by Crippen LogP contribution is -2.41. The number of benzene rings is 1. The van der Waals surface area contributed by atoms with Crippen molar-refractivity contribution in [3.8, 4) is 0 Å². The van der Waals surface area contributed by atoms with Gasteiger partial charge in [0.05, 0.1) is 6.42 Å². The van der Waals surface area contributed by atoms with Crippen LogP contribution in [0.5, 0.6) is 0 Å². The van der Waals surface area contributed by atoms with E-state index in [-0.39, 0.29) is 23.9 Å². The largest absolute Gasteiger partial charge is 0.446 e. The molecule has 5 nitrogen and oxygen atoms in total. The smallest absolute Gasteiger partial charge is 0.411 e. The third-order valence-corrected chi connectivity index (χ3v) is 5.15. The number of carbonyl (C=O) groups excluding carboxylic acids is 2. The molecule has 0 aliphatic heterocycles. The summed E-state index contributed by atoms with van der Waals surface area (Å²) in [6.45, 7) is 0. The van der Waals surface area contributed by atoms with Crippen molar-refractivity contribution in [2.45, 2.75) is 44.2 Å². The molecule has 3 rings (SSSR count). The van der Waals surface area contributed by atoms with Crippen LogP contribution in [0.4, 0.5) is 14.9 Å². The molecule has 1 aliphatic carbocycles. The fraction of sp³-hybridized carbons (Fsp3) is 0.368. The van der Waals surface area contributed by atoms with Gasteiger partial charge >= 0.3 is 6.09 Å². The lowest BCUT2D eigenvalue weighted by molar-refractivity contribution is -0.121. The summed E-state index contributed by atoms with van der Waals surface area (Å²) in [5, 5.41) is 7.57. The maximum atomic E-state index is 12.9. The topological polar surface area (TPSA) is 67.4 Å². The average Bonchev–Trinajstić information content (AvgIpc) is 3.10. The highest BCUT2D eigenvalue weighted by Crippen LogP contribution is 2.22. The van der Waals surface area contributed by atoms with Gasteiger partial charge in [-0.1, -0.05) is 6.07 Å². The van der Waals surface area contributed by atoms with E-state index in [1.54, 1.807) is 11.3 Å². The van der Waals surface area contributed by atoms with Crippen molar-refractivity contribution < 1.29 is 18.7 Å². The molecule has 0 unspecified atom stereocenters. The molecule has 26 heavy (non-hydrogen) atoms. The number of rotatable bonds is 5. The Balaban J connectivity index is 1.44. The highest BCUT2D eigenvalue weighted by atomic mass is 32.1. The first kappa shape index (κ1) is 18.4. The first-order valence-electron chi connectivity index (χ1n) is 8.63. The lowest BCUT2D eigenvalue weighted by atomic mass is 9.92. The van der Waals surface area contributed by atoms with Gasteiger partial charge in [0.15, 0.2) is 0 Å². The molecule has 2 amide bonds. The molecule has 1 aliphatic rings. The number of amides is 2. The third kappa shape index (κ3) is 5.56. The maximum Gasteiger partial charge on any atom is 0.411 e. The van der Waals surface area contributed by atoms with Gasteiger partial charge in [-0.15, -0.1) is 11.3 Å². The van der Waals surface area contributed by atoms with Crippen molar-refractivity contribution in [1.82, 2.24) is 5.32 Å². The summed E-state index contributed by atoms with van der Waals surface area (Å²) < 4.78 is 18.3. The monoisotopic (exact) mass is 376 g/mol. The molecule has 0 spiro atoms.